The van der Waals surface area contributed by atoms with Gasteiger partial charge in [-0.25, -0.2) is 0 Å². The van der Waals surface area contributed by atoms with E-state index in [9.17, 15) is 23.1 Å². The van der Waals surface area contributed by atoms with E-state index in [0.717, 1.165) is 50.5 Å². The predicted molar refractivity (Wildman–Crippen MR) is 127 cm³/mol. The molecule has 3 saturated carbocycles. The number of fused-ring (bicyclic) bond motifs is 5. The first-order valence-corrected chi connectivity index (χ1v) is 13.3. The lowest BCUT2D eigenvalue weighted by atomic mass is 9.46. The summed E-state index contributed by atoms with van der Waals surface area (Å²) in [6.07, 6.45) is 5.92. The molecule has 4 aliphatic carbocycles. The molecule has 3 fully saturated rings. The molecule has 33 heavy (non-hydrogen) atoms. The number of hydrogen-bond donors (Lipinski definition) is 1. The summed E-state index contributed by atoms with van der Waals surface area (Å²) in [5.41, 5.74) is 0.505. The third kappa shape index (κ3) is 4.82. The second-order valence-electron chi connectivity index (χ2n) is 12.1. The molecule has 1 N–H and O–H groups in total. The second-order valence-corrected chi connectivity index (χ2v) is 12.1. The second kappa shape index (κ2) is 9.32. The van der Waals surface area contributed by atoms with Gasteiger partial charge in [0.1, 0.15) is 0 Å². The van der Waals surface area contributed by atoms with Gasteiger partial charge in [0.25, 0.3) is 0 Å². The number of alkyl halides is 3. The summed E-state index contributed by atoms with van der Waals surface area (Å²) in [4.78, 5) is 13.4. The topological polar surface area (TPSA) is 37.3 Å². The minimum absolute atomic E-state index is 0.00236. The lowest BCUT2D eigenvalue weighted by Crippen LogP contribution is -2.54. The number of aliphatic hydroxyl groups is 1. The van der Waals surface area contributed by atoms with Crippen LogP contribution in [0, 0.1) is 40.4 Å². The van der Waals surface area contributed by atoms with E-state index in [0.29, 0.717) is 30.6 Å². The van der Waals surface area contributed by atoms with Crippen molar-refractivity contribution in [1.82, 2.24) is 0 Å². The smallest absolute Gasteiger partial charge is 0.390 e. The summed E-state index contributed by atoms with van der Waals surface area (Å²) in [6, 6.07) is 0. The van der Waals surface area contributed by atoms with Gasteiger partial charge in [0, 0.05) is 5.92 Å². The Morgan fingerprint density at radius 2 is 1.73 bits per heavy atom. The van der Waals surface area contributed by atoms with Gasteiger partial charge in [-0.1, -0.05) is 46.6 Å². The van der Waals surface area contributed by atoms with Gasteiger partial charge in [0.05, 0.1) is 11.5 Å². The number of rotatable bonds is 4. The maximum Gasteiger partial charge on any atom is 0.391 e. The number of carbonyl (C=O) groups is 1. The Hall–Kier alpha value is -0.840. The number of allylic oxidation sites excluding steroid dienone is 1. The van der Waals surface area contributed by atoms with Crippen molar-refractivity contribution in [2.75, 3.05) is 0 Å². The van der Waals surface area contributed by atoms with E-state index in [1.54, 1.807) is 0 Å². The fourth-order valence-electron chi connectivity index (χ4n) is 7.97. The molecule has 5 heteroatoms. The first kappa shape index (κ1) is 26.8. The number of halogens is 3. The molecule has 4 rings (SSSR count). The highest BCUT2D eigenvalue weighted by Gasteiger charge is 2.61. The summed E-state index contributed by atoms with van der Waals surface area (Å²) in [5, 5.41) is 10.6. The van der Waals surface area contributed by atoms with Crippen LogP contribution in [0.4, 0.5) is 13.2 Å². The highest BCUT2D eigenvalue weighted by Crippen LogP contribution is 2.66. The molecule has 0 aromatic rings. The van der Waals surface area contributed by atoms with E-state index < -0.39 is 17.7 Å². The highest BCUT2D eigenvalue weighted by molar-refractivity contribution is 5.94. The molecule has 190 valence electrons. The molecule has 0 saturated heterocycles. The van der Waals surface area contributed by atoms with Gasteiger partial charge in [-0.15, -0.1) is 0 Å². The maximum absolute atomic E-state index is 13.4. The van der Waals surface area contributed by atoms with Gasteiger partial charge in [0.2, 0.25) is 0 Å². The van der Waals surface area contributed by atoms with Crippen LogP contribution in [0.5, 0.6) is 0 Å². The van der Waals surface area contributed by atoms with E-state index in [4.69, 9.17) is 0 Å². The van der Waals surface area contributed by atoms with Crippen molar-refractivity contribution in [2.24, 2.45) is 40.4 Å². The Balaban J connectivity index is 0.00000149. The summed E-state index contributed by atoms with van der Waals surface area (Å²) in [5.74, 6) is 0.184. The molecule has 0 spiro atoms. The number of carbonyl (C=O) groups excluding carboxylic acids is 1. The van der Waals surface area contributed by atoms with Crippen molar-refractivity contribution < 1.29 is 23.1 Å². The van der Waals surface area contributed by atoms with Crippen LogP contribution in [-0.2, 0) is 4.79 Å². The Labute approximate surface area is 198 Å². The summed E-state index contributed by atoms with van der Waals surface area (Å²) in [7, 11) is 0. The average Bonchev–Trinajstić information content (AvgIpc) is 3.06. The van der Waals surface area contributed by atoms with Crippen LogP contribution in [0.15, 0.2) is 11.6 Å². The fourth-order valence-corrected chi connectivity index (χ4v) is 7.97. The summed E-state index contributed by atoms with van der Waals surface area (Å²) < 4.78 is 38.7. The van der Waals surface area contributed by atoms with Gasteiger partial charge >= 0.3 is 6.18 Å². The molecule has 0 aromatic heterocycles. The van der Waals surface area contributed by atoms with Gasteiger partial charge < -0.3 is 5.11 Å². The van der Waals surface area contributed by atoms with Crippen LogP contribution in [0.1, 0.15) is 106 Å². The monoisotopic (exact) mass is 470 g/mol. The van der Waals surface area contributed by atoms with E-state index in [1.807, 2.05) is 26.8 Å². The van der Waals surface area contributed by atoms with Crippen molar-refractivity contribution >= 4 is 5.78 Å². The minimum Gasteiger partial charge on any atom is -0.390 e. The SMILES string of the molecule is CC.CC(CCCC1CCC2C3C(=O)C=C4C[C@@](C)(O)CCC4(C)C3CCC12C)C(F)(F)F. The Kier molecular flexibility index (Phi) is 7.55. The minimum atomic E-state index is -4.10. The molecule has 7 unspecified atom stereocenters. The van der Waals surface area contributed by atoms with Gasteiger partial charge in [-0.2, -0.15) is 13.2 Å². The van der Waals surface area contributed by atoms with Gasteiger partial charge in [-0.3, -0.25) is 4.79 Å². The van der Waals surface area contributed by atoms with Crippen molar-refractivity contribution in [1.29, 1.82) is 0 Å². The first-order valence-electron chi connectivity index (χ1n) is 13.3. The molecule has 0 radical (unpaired) electrons. The van der Waals surface area contributed by atoms with Crippen LogP contribution in [0.25, 0.3) is 0 Å². The van der Waals surface area contributed by atoms with Crippen LogP contribution in [0.3, 0.4) is 0 Å². The van der Waals surface area contributed by atoms with Crippen LogP contribution in [0.2, 0.25) is 0 Å². The number of ketones is 1. The van der Waals surface area contributed by atoms with Crippen molar-refractivity contribution in [2.45, 2.75) is 118 Å². The molecular formula is C28H45F3O2. The molecule has 4 aliphatic rings. The molecule has 0 bridgehead atoms. The molecule has 0 amide bonds. The highest BCUT2D eigenvalue weighted by atomic mass is 19.4. The van der Waals surface area contributed by atoms with Crippen LogP contribution < -0.4 is 0 Å². The third-order valence-electron chi connectivity index (χ3n) is 10.2. The summed E-state index contributed by atoms with van der Waals surface area (Å²) >= 11 is 0. The van der Waals surface area contributed by atoms with Crippen molar-refractivity contribution in [3.8, 4) is 0 Å². The quantitative estimate of drug-likeness (QED) is 0.453. The standard InChI is InChI=1S/C26H39F3O2.C2H6/c1-16(26(27,28)29)6-5-7-17-8-9-19-22-20(10-11-24(17,19)3)25(4)13-12-23(2,31)15-18(25)14-21(22)30;1-2/h14,16-17,19-20,22,31H,5-13,15H2,1-4H3;1-2H3/t16?,17?,19?,20?,22?,23-,24?,25?;/m0./s1. The normalized spacial score (nSPS) is 43.5. The summed E-state index contributed by atoms with van der Waals surface area (Å²) in [6.45, 7) is 11.8. The van der Waals surface area contributed by atoms with Crippen LogP contribution in [-0.4, -0.2) is 22.7 Å². The largest absolute Gasteiger partial charge is 0.391 e. The van der Waals surface area contributed by atoms with Crippen LogP contribution >= 0.6 is 0 Å². The van der Waals surface area contributed by atoms with E-state index in [1.165, 1.54) is 6.92 Å². The van der Waals surface area contributed by atoms with E-state index >= 15 is 0 Å². The Morgan fingerprint density at radius 3 is 2.36 bits per heavy atom. The Bertz CT molecular complexity index is 755. The molecule has 0 aromatic carbocycles. The molecule has 0 aliphatic heterocycles. The zero-order valence-corrected chi connectivity index (χ0v) is 21.5. The number of hydrogen-bond acceptors (Lipinski definition) is 2. The van der Waals surface area contributed by atoms with Crippen molar-refractivity contribution in [3.05, 3.63) is 11.6 Å². The lowest BCUT2D eigenvalue weighted by Gasteiger charge is -2.58. The zero-order valence-electron chi connectivity index (χ0n) is 21.5. The van der Waals surface area contributed by atoms with Gasteiger partial charge in [-0.05, 0) is 99.4 Å². The molecule has 0 heterocycles. The molecular weight excluding hydrogens is 425 g/mol. The van der Waals surface area contributed by atoms with E-state index in [2.05, 4.69) is 13.8 Å². The van der Waals surface area contributed by atoms with Gasteiger partial charge in [0.15, 0.2) is 5.78 Å². The zero-order chi connectivity index (χ0) is 24.8. The van der Waals surface area contributed by atoms with Crippen molar-refractivity contribution in [3.63, 3.8) is 0 Å². The predicted octanol–water partition coefficient (Wildman–Crippen LogP) is 7.89. The molecule has 2 nitrogen and oxygen atoms in total. The van der Waals surface area contributed by atoms with E-state index in [-0.39, 0.29) is 29.0 Å². The third-order valence-corrected chi connectivity index (χ3v) is 10.2. The Morgan fingerprint density at radius 1 is 1.06 bits per heavy atom. The fraction of sp³-hybridized carbons (Fsp3) is 0.893. The lowest BCUT2D eigenvalue weighted by molar-refractivity contribution is -0.171. The first-order chi connectivity index (χ1) is 15.3. The maximum atomic E-state index is 13.4. The molecule has 8 atom stereocenters. The average molecular weight is 471 g/mol.